The fourth-order valence-corrected chi connectivity index (χ4v) is 7.26. The van der Waals surface area contributed by atoms with Crippen LogP contribution in [0.15, 0.2) is 71.0 Å². The van der Waals surface area contributed by atoms with E-state index in [1.165, 1.54) is 5.57 Å². The standard InChI is InChI=1S/C29H24O6/c1-14-8-19-18(10-22(14)30)16-12-28(13-16)26(19)34-24-11-23-15(6-7-25(31)33-23)9-21(24)29(28)20-5-3-2-4-17(20)27(32)35-29/h2-5,9-12,14,26-27,30,32H,6-8,13H2,1H3. The van der Waals surface area contributed by atoms with E-state index in [4.69, 9.17) is 14.2 Å². The zero-order valence-corrected chi connectivity index (χ0v) is 19.2. The molecule has 6 heteroatoms. The number of carbonyl (C=O) groups excluding carboxylic acids is 1. The molecular weight excluding hydrogens is 444 g/mol. The summed E-state index contributed by atoms with van der Waals surface area (Å²) >= 11 is 0. The summed E-state index contributed by atoms with van der Waals surface area (Å²) in [6, 6.07) is 11.8. The molecule has 0 fully saturated rings. The first-order valence-electron chi connectivity index (χ1n) is 12.3. The lowest BCUT2D eigenvalue weighted by Crippen LogP contribution is -2.63. The van der Waals surface area contributed by atoms with E-state index in [-0.39, 0.29) is 18.0 Å². The van der Waals surface area contributed by atoms with Crippen molar-refractivity contribution in [3.63, 3.8) is 0 Å². The van der Waals surface area contributed by atoms with Gasteiger partial charge in [0.15, 0.2) is 6.29 Å². The Morgan fingerprint density at radius 1 is 1.09 bits per heavy atom. The van der Waals surface area contributed by atoms with E-state index in [9.17, 15) is 15.0 Å². The highest BCUT2D eigenvalue weighted by molar-refractivity contribution is 5.77. The SMILES string of the molecule is CC1CC2=C(C=C1O)C1=CC3(C1)C2Oc1cc2c(cc1C31OC(O)c3ccccc31)CCC(=O)O2. The van der Waals surface area contributed by atoms with E-state index in [2.05, 4.69) is 18.2 Å². The van der Waals surface area contributed by atoms with Gasteiger partial charge in [0.1, 0.15) is 23.2 Å². The lowest BCUT2D eigenvalue weighted by atomic mass is 9.47. The molecule has 0 aromatic heterocycles. The zero-order valence-electron chi connectivity index (χ0n) is 19.2. The number of hydrogen-bond donors (Lipinski definition) is 2. The minimum atomic E-state index is -1.05. The Bertz CT molecular complexity index is 1460. The number of carbonyl (C=O) groups is 1. The largest absolute Gasteiger partial charge is 0.512 e. The molecule has 7 aliphatic rings. The Kier molecular flexibility index (Phi) is 3.56. The van der Waals surface area contributed by atoms with Gasteiger partial charge in [0.25, 0.3) is 0 Å². The Balaban J connectivity index is 1.42. The number of aliphatic hydroxyl groups is 2. The summed E-state index contributed by atoms with van der Waals surface area (Å²) in [7, 11) is 0. The summed E-state index contributed by atoms with van der Waals surface area (Å²) in [6.45, 7) is 2.02. The number of allylic oxidation sites excluding steroid dienone is 4. The van der Waals surface area contributed by atoms with Gasteiger partial charge in [-0.1, -0.05) is 37.3 Å². The molecule has 2 aromatic carbocycles. The Morgan fingerprint density at radius 2 is 1.91 bits per heavy atom. The van der Waals surface area contributed by atoms with Crippen molar-refractivity contribution in [2.75, 3.05) is 0 Å². The fraction of sp³-hybridized carbons (Fsp3) is 0.345. The van der Waals surface area contributed by atoms with Gasteiger partial charge in [-0.15, -0.1) is 0 Å². The van der Waals surface area contributed by atoms with Crippen LogP contribution in [0.3, 0.4) is 0 Å². The Hall–Kier alpha value is -3.35. The first kappa shape index (κ1) is 19.9. The molecule has 3 heterocycles. The molecule has 3 aliphatic heterocycles. The van der Waals surface area contributed by atoms with Gasteiger partial charge < -0.3 is 24.4 Å². The molecule has 0 saturated heterocycles. The lowest BCUT2D eigenvalue weighted by Gasteiger charge is -2.62. The van der Waals surface area contributed by atoms with Crippen molar-refractivity contribution in [3.05, 3.63) is 93.3 Å². The predicted molar refractivity (Wildman–Crippen MR) is 125 cm³/mol. The van der Waals surface area contributed by atoms with Crippen LogP contribution in [0, 0.1) is 11.3 Å². The highest BCUT2D eigenvalue weighted by atomic mass is 16.6. The molecule has 5 unspecified atom stereocenters. The van der Waals surface area contributed by atoms with Crippen molar-refractivity contribution in [1.29, 1.82) is 0 Å². The van der Waals surface area contributed by atoms with Crippen LogP contribution < -0.4 is 9.47 Å². The molecule has 0 amide bonds. The first-order chi connectivity index (χ1) is 16.9. The number of hydrogen-bond acceptors (Lipinski definition) is 6. The van der Waals surface area contributed by atoms with Crippen molar-refractivity contribution >= 4 is 5.97 Å². The molecule has 6 nitrogen and oxygen atoms in total. The second-order valence-electron chi connectivity index (χ2n) is 10.7. The van der Waals surface area contributed by atoms with Gasteiger partial charge in [0.05, 0.1) is 17.6 Å². The zero-order chi connectivity index (χ0) is 23.7. The van der Waals surface area contributed by atoms with Gasteiger partial charge in [-0.25, -0.2) is 0 Å². The third-order valence-corrected chi connectivity index (χ3v) is 8.87. The van der Waals surface area contributed by atoms with E-state index in [0.717, 1.165) is 39.8 Å². The summed E-state index contributed by atoms with van der Waals surface area (Å²) in [5.74, 6) is 1.29. The smallest absolute Gasteiger partial charge is 0.311 e. The molecule has 2 N–H and O–H groups in total. The van der Waals surface area contributed by atoms with Crippen LogP contribution in [0.5, 0.6) is 11.5 Å². The van der Waals surface area contributed by atoms with Gasteiger partial charge in [-0.3, -0.25) is 4.79 Å². The van der Waals surface area contributed by atoms with Crippen LogP contribution in [-0.2, 0) is 21.6 Å². The Morgan fingerprint density at radius 3 is 2.77 bits per heavy atom. The number of esters is 1. The van der Waals surface area contributed by atoms with E-state index in [0.29, 0.717) is 36.5 Å². The minimum Gasteiger partial charge on any atom is -0.512 e. The normalized spacial score (nSPS) is 35.4. The molecule has 4 aliphatic carbocycles. The quantitative estimate of drug-likeness (QED) is 0.432. The summed E-state index contributed by atoms with van der Waals surface area (Å²) in [5.41, 5.74) is 5.48. The summed E-state index contributed by atoms with van der Waals surface area (Å²) in [4.78, 5) is 12.0. The fourth-order valence-electron chi connectivity index (χ4n) is 7.26. The topological polar surface area (TPSA) is 85.2 Å². The number of ether oxygens (including phenoxy) is 3. The molecule has 0 saturated carbocycles. The lowest BCUT2D eigenvalue weighted by molar-refractivity contribution is -0.219. The molecule has 2 aromatic rings. The second kappa shape index (κ2) is 6.25. The molecular formula is C29H24O6. The number of rotatable bonds is 0. The van der Waals surface area contributed by atoms with Crippen LogP contribution in [0.1, 0.15) is 54.7 Å². The van der Waals surface area contributed by atoms with E-state index in [1.54, 1.807) is 0 Å². The van der Waals surface area contributed by atoms with Crippen LogP contribution in [0.25, 0.3) is 0 Å². The maximum atomic E-state index is 12.0. The average Bonchev–Trinajstić information content (AvgIpc) is 3.12. The highest BCUT2D eigenvalue weighted by Crippen LogP contribution is 2.72. The maximum absolute atomic E-state index is 12.0. The molecule has 9 rings (SSSR count). The third-order valence-electron chi connectivity index (χ3n) is 8.87. The third kappa shape index (κ3) is 2.21. The maximum Gasteiger partial charge on any atom is 0.311 e. The van der Waals surface area contributed by atoms with Crippen molar-refractivity contribution in [2.45, 2.75) is 50.6 Å². The van der Waals surface area contributed by atoms with E-state index < -0.39 is 17.3 Å². The average molecular weight is 469 g/mol. The molecule has 2 bridgehead atoms. The van der Waals surface area contributed by atoms with Gasteiger partial charge in [0, 0.05) is 23.1 Å². The summed E-state index contributed by atoms with van der Waals surface area (Å²) in [5, 5.41) is 21.6. The summed E-state index contributed by atoms with van der Waals surface area (Å²) in [6.07, 6.45) is 5.09. The van der Waals surface area contributed by atoms with Gasteiger partial charge in [0.2, 0.25) is 0 Å². The molecule has 2 spiro atoms. The van der Waals surface area contributed by atoms with Gasteiger partial charge in [-0.2, -0.15) is 0 Å². The van der Waals surface area contributed by atoms with Crippen molar-refractivity contribution < 1.29 is 29.2 Å². The highest BCUT2D eigenvalue weighted by Gasteiger charge is 2.71. The van der Waals surface area contributed by atoms with Crippen LogP contribution >= 0.6 is 0 Å². The van der Waals surface area contributed by atoms with Crippen molar-refractivity contribution in [1.82, 2.24) is 0 Å². The number of aliphatic hydroxyl groups excluding tert-OH is 2. The van der Waals surface area contributed by atoms with E-state index in [1.807, 2.05) is 37.3 Å². The first-order valence-corrected chi connectivity index (χ1v) is 12.3. The predicted octanol–water partition coefficient (Wildman–Crippen LogP) is 4.67. The molecule has 0 radical (unpaired) electrons. The second-order valence-corrected chi connectivity index (χ2v) is 10.7. The number of aryl methyl sites for hydroxylation is 1. The number of fused-ring (bicyclic) bond motifs is 5. The molecule has 35 heavy (non-hydrogen) atoms. The monoisotopic (exact) mass is 468 g/mol. The summed E-state index contributed by atoms with van der Waals surface area (Å²) < 4.78 is 19.0. The van der Waals surface area contributed by atoms with Gasteiger partial charge in [-0.05, 0) is 59.3 Å². The van der Waals surface area contributed by atoms with Crippen molar-refractivity contribution in [3.8, 4) is 11.5 Å². The van der Waals surface area contributed by atoms with Crippen LogP contribution in [0.4, 0.5) is 0 Å². The number of benzene rings is 2. The molecule has 176 valence electrons. The Labute approximate surface area is 202 Å². The van der Waals surface area contributed by atoms with Crippen LogP contribution in [-0.4, -0.2) is 22.3 Å². The molecule has 5 atom stereocenters. The minimum absolute atomic E-state index is 0.00305. The van der Waals surface area contributed by atoms with Gasteiger partial charge >= 0.3 is 5.97 Å². The van der Waals surface area contributed by atoms with E-state index >= 15 is 0 Å². The van der Waals surface area contributed by atoms with Crippen LogP contribution in [0.2, 0.25) is 0 Å². The van der Waals surface area contributed by atoms with Crippen molar-refractivity contribution in [2.24, 2.45) is 11.3 Å².